The van der Waals surface area contributed by atoms with Gasteiger partial charge in [0, 0.05) is 24.7 Å². The van der Waals surface area contributed by atoms with Crippen molar-refractivity contribution in [3.8, 4) is 11.8 Å². The van der Waals surface area contributed by atoms with E-state index < -0.39 is 0 Å². The number of nitriles is 1. The molecule has 2 aromatic rings. The van der Waals surface area contributed by atoms with E-state index in [1.165, 1.54) is 0 Å². The highest BCUT2D eigenvalue weighted by atomic mass is 16.5. The minimum Gasteiger partial charge on any atom is -0.489 e. The van der Waals surface area contributed by atoms with Crippen LogP contribution in [0, 0.1) is 11.3 Å². The molecule has 0 aliphatic carbocycles. The first-order chi connectivity index (χ1) is 11.7. The van der Waals surface area contributed by atoms with Crippen molar-refractivity contribution in [3.05, 3.63) is 65.2 Å². The fourth-order valence-electron chi connectivity index (χ4n) is 2.35. The minimum atomic E-state index is -0.00803. The zero-order valence-corrected chi connectivity index (χ0v) is 14.2. The standard InChI is InChI=1S/C20H22N2O2/c1-3-4-12-22(2)20(23)16-10-7-11-19(13-16)24-15-18-9-6-5-8-17(18)14-21/h5-11,13H,3-4,12,15H2,1-2H3. The van der Waals surface area contributed by atoms with Crippen LogP contribution in [-0.2, 0) is 6.61 Å². The molecule has 0 radical (unpaired) electrons. The van der Waals surface area contributed by atoms with Crippen LogP contribution >= 0.6 is 0 Å². The van der Waals surface area contributed by atoms with Crippen LogP contribution in [-0.4, -0.2) is 24.4 Å². The lowest BCUT2D eigenvalue weighted by molar-refractivity contribution is 0.0793. The number of rotatable bonds is 7. The lowest BCUT2D eigenvalue weighted by Gasteiger charge is -2.17. The number of hydrogen-bond donors (Lipinski definition) is 0. The molecule has 2 rings (SSSR count). The molecule has 0 bridgehead atoms. The summed E-state index contributed by atoms with van der Waals surface area (Å²) in [7, 11) is 1.81. The van der Waals surface area contributed by atoms with Crippen molar-refractivity contribution in [1.82, 2.24) is 4.90 Å². The van der Waals surface area contributed by atoms with Crippen LogP contribution in [0.2, 0.25) is 0 Å². The molecule has 4 heteroatoms. The number of unbranched alkanes of at least 4 members (excludes halogenated alkanes) is 1. The van der Waals surface area contributed by atoms with E-state index in [0.29, 0.717) is 23.5 Å². The molecule has 0 unspecified atom stereocenters. The van der Waals surface area contributed by atoms with Gasteiger partial charge in [-0.2, -0.15) is 5.26 Å². The highest BCUT2D eigenvalue weighted by molar-refractivity contribution is 5.94. The monoisotopic (exact) mass is 322 g/mol. The van der Waals surface area contributed by atoms with Crippen LogP contribution in [0.15, 0.2) is 48.5 Å². The van der Waals surface area contributed by atoms with Crippen molar-refractivity contribution in [2.75, 3.05) is 13.6 Å². The summed E-state index contributed by atoms with van der Waals surface area (Å²) in [6.07, 6.45) is 2.04. The first-order valence-electron chi connectivity index (χ1n) is 8.12. The van der Waals surface area contributed by atoms with Crippen molar-refractivity contribution in [2.24, 2.45) is 0 Å². The maximum Gasteiger partial charge on any atom is 0.253 e. The van der Waals surface area contributed by atoms with E-state index in [2.05, 4.69) is 13.0 Å². The summed E-state index contributed by atoms with van der Waals surface area (Å²) in [5.74, 6) is 0.615. The van der Waals surface area contributed by atoms with E-state index >= 15 is 0 Å². The molecule has 0 atom stereocenters. The van der Waals surface area contributed by atoms with Gasteiger partial charge in [0.2, 0.25) is 0 Å². The SMILES string of the molecule is CCCCN(C)C(=O)c1cccc(OCc2ccccc2C#N)c1. The molecule has 0 aromatic heterocycles. The highest BCUT2D eigenvalue weighted by Crippen LogP contribution is 2.17. The van der Waals surface area contributed by atoms with Gasteiger partial charge in [0.05, 0.1) is 11.6 Å². The van der Waals surface area contributed by atoms with E-state index in [1.54, 1.807) is 23.1 Å². The third-order valence-electron chi connectivity index (χ3n) is 3.81. The first-order valence-corrected chi connectivity index (χ1v) is 8.12. The summed E-state index contributed by atoms with van der Waals surface area (Å²) >= 11 is 0. The maximum atomic E-state index is 12.4. The molecule has 0 spiro atoms. The van der Waals surface area contributed by atoms with Gasteiger partial charge in [-0.1, -0.05) is 37.6 Å². The molecule has 0 saturated heterocycles. The zero-order valence-electron chi connectivity index (χ0n) is 14.2. The smallest absolute Gasteiger partial charge is 0.253 e. The van der Waals surface area contributed by atoms with Gasteiger partial charge >= 0.3 is 0 Å². The van der Waals surface area contributed by atoms with Crippen LogP contribution < -0.4 is 4.74 Å². The molecule has 0 fully saturated rings. The molecule has 0 N–H and O–H groups in total. The Morgan fingerprint density at radius 3 is 2.75 bits per heavy atom. The Hall–Kier alpha value is -2.80. The van der Waals surface area contributed by atoms with E-state index in [4.69, 9.17) is 10.00 Å². The van der Waals surface area contributed by atoms with Crippen LogP contribution in [0.5, 0.6) is 5.75 Å². The summed E-state index contributed by atoms with van der Waals surface area (Å²) in [6, 6.07) is 16.7. The Labute approximate surface area is 143 Å². The predicted molar refractivity (Wildman–Crippen MR) is 93.8 cm³/mol. The summed E-state index contributed by atoms with van der Waals surface area (Å²) in [5, 5.41) is 9.11. The van der Waals surface area contributed by atoms with Crippen LogP contribution in [0.1, 0.15) is 41.3 Å². The quantitative estimate of drug-likeness (QED) is 0.774. The van der Waals surface area contributed by atoms with Crippen molar-refractivity contribution < 1.29 is 9.53 Å². The number of benzene rings is 2. The average molecular weight is 322 g/mol. The van der Waals surface area contributed by atoms with Gasteiger partial charge in [-0.15, -0.1) is 0 Å². The number of carbonyl (C=O) groups is 1. The molecule has 0 heterocycles. The first kappa shape index (κ1) is 17.6. The van der Waals surface area contributed by atoms with Gasteiger partial charge in [0.25, 0.3) is 5.91 Å². The van der Waals surface area contributed by atoms with E-state index in [0.717, 1.165) is 24.9 Å². The summed E-state index contributed by atoms with van der Waals surface area (Å²) in [4.78, 5) is 14.1. The molecule has 0 aliphatic heterocycles. The minimum absolute atomic E-state index is 0.00803. The maximum absolute atomic E-state index is 12.4. The Bertz CT molecular complexity index is 734. The Kier molecular flexibility index (Phi) is 6.39. The van der Waals surface area contributed by atoms with E-state index in [-0.39, 0.29) is 5.91 Å². The lowest BCUT2D eigenvalue weighted by Crippen LogP contribution is -2.27. The number of ether oxygens (including phenoxy) is 1. The van der Waals surface area contributed by atoms with E-state index in [9.17, 15) is 4.79 Å². The second-order valence-corrected chi connectivity index (χ2v) is 5.67. The number of carbonyl (C=O) groups excluding carboxylic acids is 1. The molecule has 124 valence electrons. The Balaban J connectivity index is 2.05. The van der Waals surface area contributed by atoms with Crippen molar-refractivity contribution >= 4 is 5.91 Å². The molecule has 0 aliphatic rings. The second kappa shape index (κ2) is 8.73. The third-order valence-corrected chi connectivity index (χ3v) is 3.81. The zero-order chi connectivity index (χ0) is 17.4. The van der Waals surface area contributed by atoms with Gasteiger partial charge < -0.3 is 9.64 Å². The number of nitrogens with zero attached hydrogens (tertiary/aromatic N) is 2. The van der Waals surface area contributed by atoms with Crippen molar-refractivity contribution in [3.63, 3.8) is 0 Å². The highest BCUT2D eigenvalue weighted by Gasteiger charge is 2.12. The normalized spacial score (nSPS) is 10.0. The fraction of sp³-hybridized carbons (Fsp3) is 0.300. The summed E-state index contributed by atoms with van der Waals surface area (Å²) < 4.78 is 5.76. The number of amides is 1. The predicted octanol–water partition coefficient (Wildman–Crippen LogP) is 4.01. The molecule has 2 aromatic carbocycles. The molecular formula is C20H22N2O2. The summed E-state index contributed by atoms with van der Waals surface area (Å²) in [6.45, 7) is 3.15. The van der Waals surface area contributed by atoms with Crippen molar-refractivity contribution in [1.29, 1.82) is 5.26 Å². The fourth-order valence-corrected chi connectivity index (χ4v) is 2.35. The third kappa shape index (κ3) is 4.60. The molecule has 24 heavy (non-hydrogen) atoms. The molecule has 1 amide bonds. The van der Waals surface area contributed by atoms with Crippen molar-refractivity contribution in [2.45, 2.75) is 26.4 Å². The topological polar surface area (TPSA) is 53.3 Å². The Morgan fingerprint density at radius 2 is 2.00 bits per heavy atom. The van der Waals surface area contributed by atoms with Gasteiger partial charge in [0.15, 0.2) is 0 Å². The molecule has 4 nitrogen and oxygen atoms in total. The van der Waals surface area contributed by atoms with Gasteiger partial charge in [-0.05, 0) is 30.7 Å². The van der Waals surface area contributed by atoms with E-state index in [1.807, 2.05) is 37.4 Å². The van der Waals surface area contributed by atoms with Gasteiger partial charge in [-0.3, -0.25) is 4.79 Å². The number of hydrogen-bond acceptors (Lipinski definition) is 3. The molecule has 0 saturated carbocycles. The van der Waals surface area contributed by atoms with Crippen LogP contribution in [0.25, 0.3) is 0 Å². The Morgan fingerprint density at radius 1 is 1.21 bits per heavy atom. The molecular weight excluding hydrogens is 300 g/mol. The summed E-state index contributed by atoms with van der Waals surface area (Å²) in [5.41, 5.74) is 2.04. The second-order valence-electron chi connectivity index (χ2n) is 5.67. The largest absolute Gasteiger partial charge is 0.489 e. The van der Waals surface area contributed by atoms with Gasteiger partial charge in [-0.25, -0.2) is 0 Å². The average Bonchev–Trinajstić information content (AvgIpc) is 2.64. The van der Waals surface area contributed by atoms with Crippen LogP contribution in [0.3, 0.4) is 0 Å². The lowest BCUT2D eigenvalue weighted by atomic mass is 10.1. The van der Waals surface area contributed by atoms with Crippen LogP contribution in [0.4, 0.5) is 0 Å². The van der Waals surface area contributed by atoms with Gasteiger partial charge in [0.1, 0.15) is 12.4 Å².